The fourth-order valence-electron chi connectivity index (χ4n) is 3.68. The minimum absolute atomic E-state index is 0.0122. The molecule has 2 heterocycles. The van der Waals surface area contributed by atoms with E-state index in [2.05, 4.69) is 37.4 Å². The number of anilines is 1. The van der Waals surface area contributed by atoms with Gasteiger partial charge in [-0.05, 0) is 62.6 Å². The number of benzene rings is 2. The van der Waals surface area contributed by atoms with Gasteiger partial charge in [-0.1, -0.05) is 47.5 Å². The molecule has 0 atom stereocenters. The smallest absolute Gasteiger partial charge is 0.225 e. The Morgan fingerprint density at radius 3 is 2.38 bits per heavy atom. The molecule has 29 heavy (non-hydrogen) atoms. The van der Waals surface area contributed by atoms with Gasteiger partial charge in [0.1, 0.15) is 17.2 Å². The van der Waals surface area contributed by atoms with E-state index in [1.807, 2.05) is 60.0 Å². The molecule has 0 aliphatic heterocycles. The molecule has 0 aliphatic carbocycles. The molecule has 2 aromatic heterocycles. The predicted octanol–water partition coefficient (Wildman–Crippen LogP) is 5.50. The standard InChI is InChI=1S/C25H25N3O/c1-17-11-12-28-22(16-17)26-24(21-14-18(2)13-19(3)15-21)25(28)27-23(29)10-9-20-7-5-4-6-8-20/h4-8,11-16H,9-10H2,1-3H3,(H,27,29). The number of aromatic nitrogens is 2. The molecule has 4 rings (SSSR count). The van der Waals surface area contributed by atoms with Crippen LogP contribution in [0.5, 0.6) is 0 Å². The molecule has 1 amide bonds. The van der Waals surface area contributed by atoms with Crippen molar-refractivity contribution in [2.75, 3.05) is 5.32 Å². The number of nitrogens with zero attached hydrogens (tertiary/aromatic N) is 2. The first-order valence-electron chi connectivity index (χ1n) is 9.91. The average Bonchev–Trinajstić information content (AvgIpc) is 3.04. The quantitative estimate of drug-likeness (QED) is 0.495. The summed E-state index contributed by atoms with van der Waals surface area (Å²) in [6, 6.07) is 20.5. The molecule has 2 aromatic carbocycles. The largest absolute Gasteiger partial charge is 0.310 e. The first kappa shape index (κ1) is 18.9. The van der Waals surface area contributed by atoms with Crippen molar-refractivity contribution in [3.63, 3.8) is 0 Å². The Hall–Kier alpha value is -3.40. The first-order chi connectivity index (χ1) is 14.0. The van der Waals surface area contributed by atoms with Gasteiger partial charge < -0.3 is 5.32 Å². The molecule has 0 saturated heterocycles. The highest BCUT2D eigenvalue weighted by atomic mass is 16.1. The van der Waals surface area contributed by atoms with Gasteiger partial charge in [0.2, 0.25) is 5.91 Å². The lowest BCUT2D eigenvalue weighted by Crippen LogP contribution is -2.14. The van der Waals surface area contributed by atoms with Crippen LogP contribution in [0.25, 0.3) is 16.9 Å². The van der Waals surface area contributed by atoms with E-state index in [-0.39, 0.29) is 5.91 Å². The van der Waals surface area contributed by atoms with Crippen molar-refractivity contribution >= 4 is 17.4 Å². The van der Waals surface area contributed by atoms with Crippen molar-refractivity contribution in [3.05, 3.63) is 89.1 Å². The third kappa shape index (κ3) is 4.21. The van der Waals surface area contributed by atoms with Crippen molar-refractivity contribution in [3.8, 4) is 11.3 Å². The lowest BCUT2D eigenvalue weighted by atomic mass is 10.0. The number of hydrogen-bond donors (Lipinski definition) is 1. The molecule has 0 fully saturated rings. The second-order valence-electron chi connectivity index (χ2n) is 7.65. The minimum Gasteiger partial charge on any atom is -0.310 e. The molecule has 0 spiro atoms. The molecule has 4 aromatic rings. The zero-order chi connectivity index (χ0) is 20.4. The van der Waals surface area contributed by atoms with Crippen LogP contribution in [0.4, 0.5) is 5.82 Å². The summed E-state index contributed by atoms with van der Waals surface area (Å²) in [5.41, 5.74) is 7.29. The Labute approximate surface area is 171 Å². The number of amides is 1. The van der Waals surface area contributed by atoms with Crippen molar-refractivity contribution in [2.45, 2.75) is 33.6 Å². The lowest BCUT2D eigenvalue weighted by molar-refractivity contribution is -0.116. The molecule has 0 bridgehead atoms. The molecule has 4 heteroatoms. The van der Waals surface area contributed by atoms with Crippen LogP contribution in [-0.2, 0) is 11.2 Å². The number of nitrogens with one attached hydrogen (secondary N) is 1. The summed E-state index contributed by atoms with van der Waals surface area (Å²) >= 11 is 0. The van der Waals surface area contributed by atoms with Gasteiger partial charge in [-0.15, -0.1) is 0 Å². The maximum atomic E-state index is 12.8. The van der Waals surface area contributed by atoms with E-state index in [9.17, 15) is 4.79 Å². The van der Waals surface area contributed by atoms with Crippen LogP contribution in [-0.4, -0.2) is 15.3 Å². The Morgan fingerprint density at radius 1 is 0.931 bits per heavy atom. The van der Waals surface area contributed by atoms with Crippen molar-refractivity contribution in [1.82, 2.24) is 9.38 Å². The summed E-state index contributed by atoms with van der Waals surface area (Å²) in [5.74, 6) is 0.713. The van der Waals surface area contributed by atoms with Gasteiger partial charge in [-0.3, -0.25) is 9.20 Å². The highest BCUT2D eigenvalue weighted by Crippen LogP contribution is 2.30. The first-order valence-corrected chi connectivity index (χ1v) is 9.91. The van der Waals surface area contributed by atoms with E-state index in [1.54, 1.807) is 0 Å². The van der Waals surface area contributed by atoms with Crippen LogP contribution in [0, 0.1) is 20.8 Å². The number of carbonyl (C=O) groups excluding carboxylic acids is 1. The number of pyridine rings is 1. The summed E-state index contributed by atoms with van der Waals surface area (Å²) < 4.78 is 1.96. The molecule has 146 valence electrons. The molecule has 0 unspecified atom stereocenters. The summed E-state index contributed by atoms with van der Waals surface area (Å²) in [4.78, 5) is 17.6. The maximum absolute atomic E-state index is 12.8. The Morgan fingerprint density at radius 2 is 1.66 bits per heavy atom. The maximum Gasteiger partial charge on any atom is 0.225 e. The van der Waals surface area contributed by atoms with Gasteiger partial charge >= 0.3 is 0 Å². The Kier molecular flexibility index (Phi) is 5.17. The van der Waals surface area contributed by atoms with E-state index in [0.29, 0.717) is 12.8 Å². The SMILES string of the molecule is Cc1cc(C)cc(-c2nc3cc(C)ccn3c2NC(=O)CCc2ccccc2)c1. The number of aryl methyl sites for hydroxylation is 4. The zero-order valence-electron chi connectivity index (χ0n) is 17.1. The third-order valence-corrected chi connectivity index (χ3v) is 5.02. The summed E-state index contributed by atoms with van der Waals surface area (Å²) in [5, 5.41) is 3.12. The number of carbonyl (C=O) groups is 1. The second-order valence-corrected chi connectivity index (χ2v) is 7.65. The van der Waals surface area contributed by atoms with E-state index in [4.69, 9.17) is 4.98 Å². The van der Waals surface area contributed by atoms with Crippen LogP contribution in [0.1, 0.15) is 28.7 Å². The van der Waals surface area contributed by atoms with Crippen LogP contribution < -0.4 is 5.32 Å². The Bertz CT molecular complexity index is 1160. The van der Waals surface area contributed by atoms with Gasteiger partial charge in [0, 0.05) is 18.2 Å². The van der Waals surface area contributed by atoms with Gasteiger partial charge in [-0.25, -0.2) is 4.98 Å². The van der Waals surface area contributed by atoms with E-state index in [1.165, 1.54) is 11.1 Å². The molecular formula is C25H25N3O. The molecule has 4 nitrogen and oxygen atoms in total. The monoisotopic (exact) mass is 383 g/mol. The number of rotatable bonds is 5. The van der Waals surface area contributed by atoms with Crippen LogP contribution in [0.15, 0.2) is 66.9 Å². The molecule has 1 N–H and O–H groups in total. The van der Waals surface area contributed by atoms with Gasteiger partial charge in [0.05, 0.1) is 0 Å². The van der Waals surface area contributed by atoms with Gasteiger partial charge in [0.25, 0.3) is 0 Å². The predicted molar refractivity (Wildman–Crippen MR) is 118 cm³/mol. The normalized spacial score (nSPS) is 11.0. The average molecular weight is 383 g/mol. The zero-order valence-corrected chi connectivity index (χ0v) is 17.1. The Balaban J connectivity index is 1.69. The fourth-order valence-corrected chi connectivity index (χ4v) is 3.68. The summed E-state index contributed by atoms with van der Waals surface area (Å²) in [7, 11) is 0. The van der Waals surface area contributed by atoms with E-state index in [0.717, 1.165) is 33.8 Å². The third-order valence-electron chi connectivity index (χ3n) is 5.02. The molecule has 0 saturated carbocycles. The summed E-state index contributed by atoms with van der Waals surface area (Å²) in [6.45, 7) is 6.20. The van der Waals surface area contributed by atoms with Crippen molar-refractivity contribution < 1.29 is 4.79 Å². The van der Waals surface area contributed by atoms with Crippen molar-refractivity contribution in [1.29, 1.82) is 0 Å². The number of hydrogen-bond acceptors (Lipinski definition) is 2. The van der Waals surface area contributed by atoms with Gasteiger partial charge in [0.15, 0.2) is 0 Å². The number of fused-ring (bicyclic) bond motifs is 1. The second kappa shape index (κ2) is 7.92. The van der Waals surface area contributed by atoms with Crippen molar-refractivity contribution in [2.24, 2.45) is 0 Å². The van der Waals surface area contributed by atoms with Crippen LogP contribution in [0.2, 0.25) is 0 Å². The highest BCUT2D eigenvalue weighted by molar-refractivity contribution is 5.94. The number of imidazole rings is 1. The lowest BCUT2D eigenvalue weighted by Gasteiger charge is -2.09. The van der Waals surface area contributed by atoms with Gasteiger partial charge in [-0.2, -0.15) is 0 Å². The molecular weight excluding hydrogens is 358 g/mol. The highest BCUT2D eigenvalue weighted by Gasteiger charge is 2.17. The van der Waals surface area contributed by atoms with Crippen LogP contribution in [0.3, 0.4) is 0 Å². The summed E-state index contributed by atoms with van der Waals surface area (Å²) in [6.07, 6.45) is 3.10. The minimum atomic E-state index is -0.0122. The topological polar surface area (TPSA) is 46.4 Å². The van der Waals surface area contributed by atoms with Crippen LogP contribution >= 0.6 is 0 Å². The van der Waals surface area contributed by atoms with E-state index >= 15 is 0 Å². The molecule has 0 radical (unpaired) electrons. The molecule has 0 aliphatic rings. The fraction of sp³-hybridized carbons (Fsp3) is 0.200. The van der Waals surface area contributed by atoms with E-state index < -0.39 is 0 Å².